The molecule has 3 rings (SSSR count). The summed E-state index contributed by atoms with van der Waals surface area (Å²) in [4.78, 5) is 8.35. The van der Waals surface area contributed by atoms with Crippen LogP contribution in [0.1, 0.15) is 24.9 Å². The number of H-pyrrole nitrogens is 1. The van der Waals surface area contributed by atoms with E-state index >= 15 is 0 Å². The smallest absolute Gasteiger partial charge is 0.107 e. The van der Waals surface area contributed by atoms with E-state index in [1.807, 2.05) is 6.07 Å². The first-order valence-electron chi connectivity index (χ1n) is 7.20. The molecule has 3 nitrogen and oxygen atoms in total. The monoisotopic (exact) mass is 255 g/mol. The van der Waals surface area contributed by atoms with Crippen molar-refractivity contribution in [3.63, 3.8) is 0 Å². The number of nitrogens with one attached hydrogen (secondary N) is 2. The lowest BCUT2D eigenvalue weighted by Crippen LogP contribution is -2.11. The molecule has 3 heteroatoms. The zero-order valence-electron chi connectivity index (χ0n) is 11.4. The summed E-state index contributed by atoms with van der Waals surface area (Å²) in [5, 5.41) is 3.42. The Morgan fingerprint density at radius 2 is 2.11 bits per heavy atom. The van der Waals surface area contributed by atoms with Crippen molar-refractivity contribution < 1.29 is 0 Å². The fraction of sp³-hybridized carbons (Fsp3) is 0.438. The molecule has 2 N–H and O–H groups in total. The molecule has 1 aliphatic rings. The molecule has 0 amide bonds. The standard InChI is InChI=1S/C16H21N3/c1-2-14-16(13-6-4-3-5-7-13)19-15(18-14)10-12-8-9-17-11-12/h3-7,12,17H,2,8-11H2,1H3,(H,18,19). The Bertz CT molecular complexity index is 524. The minimum atomic E-state index is 0.736. The molecule has 0 aliphatic carbocycles. The Balaban J connectivity index is 1.85. The molecule has 1 aromatic heterocycles. The van der Waals surface area contributed by atoms with Crippen molar-refractivity contribution in [1.29, 1.82) is 0 Å². The average Bonchev–Trinajstić information content (AvgIpc) is 3.09. The molecule has 1 saturated heterocycles. The van der Waals surface area contributed by atoms with E-state index in [4.69, 9.17) is 4.98 Å². The maximum atomic E-state index is 4.83. The van der Waals surface area contributed by atoms with Gasteiger partial charge in [0, 0.05) is 17.7 Å². The van der Waals surface area contributed by atoms with Crippen LogP contribution in [0.5, 0.6) is 0 Å². The fourth-order valence-corrected chi connectivity index (χ4v) is 2.81. The number of aryl methyl sites for hydroxylation is 1. The molecule has 2 aromatic rings. The molecule has 1 aliphatic heterocycles. The summed E-state index contributed by atoms with van der Waals surface area (Å²) < 4.78 is 0. The van der Waals surface area contributed by atoms with E-state index < -0.39 is 0 Å². The van der Waals surface area contributed by atoms with Crippen LogP contribution in [0.25, 0.3) is 11.3 Å². The quantitative estimate of drug-likeness (QED) is 0.882. The van der Waals surface area contributed by atoms with Gasteiger partial charge in [0.05, 0.1) is 5.69 Å². The Morgan fingerprint density at radius 1 is 1.26 bits per heavy atom. The van der Waals surface area contributed by atoms with Gasteiger partial charge in [0.15, 0.2) is 0 Å². The van der Waals surface area contributed by atoms with E-state index in [1.165, 1.54) is 17.7 Å². The van der Waals surface area contributed by atoms with Gasteiger partial charge in [0.1, 0.15) is 5.82 Å². The van der Waals surface area contributed by atoms with Gasteiger partial charge in [-0.2, -0.15) is 0 Å². The number of benzene rings is 1. The minimum Gasteiger partial charge on any atom is -0.345 e. The molecule has 1 aromatic carbocycles. The summed E-state index contributed by atoms with van der Waals surface area (Å²) in [5.74, 6) is 1.88. The highest BCUT2D eigenvalue weighted by Gasteiger charge is 2.18. The highest BCUT2D eigenvalue weighted by atomic mass is 14.9. The number of hydrogen-bond acceptors (Lipinski definition) is 2. The fourth-order valence-electron chi connectivity index (χ4n) is 2.81. The second kappa shape index (κ2) is 5.57. The molecule has 0 bridgehead atoms. The van der Waals surface area contributed by atoms with Crippen LogP contribution < -0.4 is 5.32 Å². The molecule has 19 heavy (non-hydrogen) atoms. The highest BCUT2D eigenvalue weighted by Crippen LogP contribution is 2.23. The number of nitrogens with zero attached hydrogens (tertiary/aromatic N) is 1. The zero-order valence-corrected chi connectivity index (χ0v) is 11.4. The number of rotatable bonds is 4. The molecule has 0 spiro atoms. The number of aromatic amines is 1. The van der Waals surface area contributed by atoms with E-state index in [9.17, 15) is 0 Å². The van der Waals surface area contributed by atoms with Crippen molar-refractivity contribution >= 4 is 0 Å². The lowest BCUT2D eigenvalue weighted by Gasteiger charge is -2.04. The van der Waals surface area contributed by atoms with Crippen molar-refractivity contribution in [2.45, 2.75) is 26.2 Å². The van der Waals surface area contributed by atoms with Crippen molar-refractivity contribution in [3.8, 4) is 11.3 Å². The number of aromatic nitrogens is 2. The largest absolute Gasteiger partial charge is 0.345 e. The van der Waals surface area contributed by atoms with Crippen LogP contribution in [0.4, 0.5) is 0 Å². The van der Waals surface area contributed by atoms with Crippen molar-refractivity contribution in [2.24, 2.45) is 5.92 Å². The Kier molecular flexibility index (Phi) is 3.65. The van der Waals surface area contributed by atoms with Gasteiger partial charge in [-0.25, -0.2) is 4.98 Å². The molecule has 100 valence electrons. The third-order valence-corrected chi connectivity index (χ3v) is 3.87. The summed E-state index contributed by atoms with van der Waals surface area (Å²) in [6, 6.07) is 10.5. The summed E-state index contributed by atoms with van der Waals surface area (Å²) in [6.45, 7) is 4.46. The molecule has 0 radical (unpaired) electrons. The summed E-state index contributed by atoms with van der Waals surface area (Å²) in [5.41, 5.74) is 3.60. The van der Waals surface area contributed by atoms with E-state index in [2.05, 4.69) is 41.5 Å². The molecule has 1 fully saturated rings. The normalized spacial score (nSPS) is 18.9. The lowest BCUT2D eigenvalue weighted by atomic mass is 10.1. The zero-order chi connectivity index (χ0) is 13.1. The van der Waals surface area contributed by atoms with Gasteiger partial charge in [-0.1, -0.05) is 37.3 Å². The molecular formula is C16H21N3. The Morgan fingerprint density at radius 3 is 2.79 bits per heavy atom. The maximum absolute atomic E-state index is 4.83. The van der Waals surface area contributed by atoms with Crippen molar-refractivity contribution in [1.82, 2.24) is 15.3 Å². The number of hydrogen-bond donors (Lipinski definition) is 2. The predicted octanol–water partition coefficient (Wildman–Crippen LogP) is 2.79. The van der Waals surface area contributed by atoms with Crippen LogP contribution in [-0.2, 0) is 12.8 Å². The lowest BCUT2D eigenvalue weighted by molar-refractivity contribution is 0.564. The average molecular weight is 255 g/mol. The molecule has 1 unspecified atom stereocenters. The van der Waals surface area contributed by atoms with Gasteiger partial charge >= 0.3 is 0 Å². The van der Waals surface area contributed by atoms with Crippen LogP contribution in [0.3, 0.4) is 0 Å². The molecule has 0 saturated carbocycles. The Labute approximate surface area is 114 Å². The summed E-state index contributed by atoms with van der Waals surface area (Å²) >= 11 is 0. The maximum Gasteiger partial charge on any atom is 0.107 e. The molecule has 2 heterocycles. The van der Waals surface area contributed by atoms with E-state index in [-0.39, 0.29) is 0 Å². The second-order valence-electron chi connectivity index (χ2n) is 5.29. The summed E-state index contributed by atoms with van der Waals surface area (Å²) in [7, 11) is 0. The van der Waals surface area contributed by atoms with Gasteiger partial charge < -0.3 is 10.3 Å². The summed E-state index contributed by atoms with van der Waals surface area (Å²) in [6.07, 6.45) is 3.33. The SMILES string of the molecule is CCc1[nH]c(CC2CCNC2)nc1-c1ccccc1. The van der Waals surface area contributed by atoms with Gasteiger partial charge in [-0.15, -0.1) is 0 Å². The van der Waals surface area contributed by atoms with Gasteiger partial charge in [-0.05, 0) is 31.8 Å². The highest BCUT2D eigenvalue weighted by molar-refractivity contribution is 5.62. The first-order valence-corrected chi connectivity index (χ1v) is 7.20. The number of imidazole rings is 1. The van der Waals surface area contributed by atoms with Crippen LogP contribution in [0.2, 0.25) is 0 Å². The van der Waals surface area contributed by atoms with Crippen LogP contribution in [-0.4, -0.2) is 23.1 Å². The van der Waals surface area contributed by atoms with E-state index in [1.54, 1.807) is 0 Å². The third kappa shape index (κ3) is 2.71. The minimum absolute atomic E-state index is 0.736. The van der Waals surface area contributed by atoms with E-state index in [0.29, 0.717) is 0 Å². The van der Waals surface area contributed by atoms with Crippen LogP contribution in [0.15, 0.2) is 30.3 Å². The molecular weight excluding hydrogens is 234 g/mol. The second-order valence-corrected chi connectivity index (χ2v) is 5.29. The molecule has 1 atom stereocenters. The topological polar surface area (TPSA) is 40.7 Å². The van der Waals surface area contributed by atoms with E-state index in [0.717, 1.165) is 43.4 Å². The predicted molar refractivity (Wildman–Crippen MR) is 78.1 cm³/mol. The Hall–Kier alpha value is -1.61. The third-order valence-electron chi connectivity index (χ3n) is 3.87. The van der Waals surface area contributed by atoms with Crippen molar-refractivity contribution in [3.05, 3.63) is 41.9 Å². The van der Waals surface area contributed by atoms with Crippen LogP contribution >= 0.6 is 0 Å². The van der Waals surface area contributed by atoms with Gasteiger partial charge in [0.25, 0.3) is 0 Å². The van der Waals surface area contributed by atoms with Gasteiger partial charge in [-0.3, -0.25) is 0 Å². The van der Waals surface area contributed by atoms with Crippen molar-refractivity contribution in [2.75, 3.05) is 13.1 Å². The first kappa shape index (κ1) is 12.4. The van der Waals surface area contributed by atoms with Gasteiger partial charge in [0.2, 0.25) is 0 Å². The van der Waals surface area contributed by atoms with Crippen LogP contribution in [0, 0.1) is 5.92 Å². The first-order chi connectivity index (χ1) is 9.36.